The van der Waals surface area contributed by atoms with Gasteiger partial charge in [0.15, 0.2) is 5.71 Å². The van der Waals surface area contributed by atoms with Crippen LogP contribution >= 0.6 is 23.8 Å². The zero-order valence-electron chi connectivity index (χ0n) is 7.57. The Bertz CT molecular complexity index is 450. The van der Waals surface area contributed by atoms with Crippen LogP contribution in [0.1, 0.15) is 0 Å². The quantitative estimate of drug-likeness (QED) is 0.479. The Morgan fingerprint density at radius 1 is 1.60 bits per heavy atom. The van der Waals surface area contributed by atoms with Gasteiger partial charge in [0.2, 0.25) is 0 Å². The monoisotopic (exact) mass is 238 g/mol. The maximum Gasteiger partial charge on any atom is 0.194 e. The second-order valence-electron chi connectivity index (χ2n) is 2.56. The molecule has 0 heterocycles. The number of nitriles is 1. The number of rotatable bonds is 3. The number of hydrazone groups is 1. The number of hydrogen-bond donors (Lipinski definition) is 2. The Hall–Kier alpha value is -1.64. The molecule has 0 unspecified atom stereocenters. The van der Waals surface area contributed by atoms with Crippen LogP contribution in [0.4, 0.5) is 5.69 Å². The van der Waals surface area contributed by atoms with Crippen molar-refractivity contribution < 1.29 is 0 Å². The van der Waals surface area contributed by atoms with E-state index in [1.165, 1.54) is 0 Å². The minimum Gasteiger partial charge on any atom is -0.387 e. The van der Waals surface area contributed by atoms with Gasteiger partial charge in [0.05, 0.1) is 5.69 Å². The van der Waals surface area contributed by atoms with Crippen molar-refractivity contribution in [2.75, 3.05) is 5.43 Å². The van der Waals surface area contributed by atoms with E-state index in [0.29, 0.717) is 10.7 Å². The summed E-state index contributed by atoms with van der Waals surface area (Å²) in [6.45, 7) is 0. The molecule has 15 heavy (non-hydrogen) atoms. The van der Waals surface area contributed by atoms with Crippen LogP contribution in [0.5, 0.6) is 0 Å². The molecule has 0 aromatic heterocycles. The van der Waals surface area contributed by atoms with E-state index in [2.05, 4.69) is 22.7 Å². The summed E-state index contributed by atoms with van der Waals surface area (Å²) in [4.78, 5) is -0.0490. The first-order valence-corrected chi connectivity index (χ1v) is 4.71. The van der Waals surface area contributed by atoms with Gasteiger partial charge in [-0.3, -0.25) is 5.43 Å². The number of nitrogens with zero attached hydrogens (tertiary/aromatic N) is 2. The van der Waals surface area contributed by atoms with Gasteiger partial charge in [-0.25, -0.2) is 0 Å². The highest BCUT2D eigenvalue weighted by Gasteiger charge is 2.00. The molecule has 0 radical (unpaired) electrons. The van der Waals surface area contributed by atoms with Gasteiger partial charge in [-0.15, -0.1) is 0 Å². The van der Waals surface area contributed by atoms with Crippen molar-refractivity contribution in [2.45, 2.75) is 0 Å². The third-order valence-corrected chi connectivity index (χ3v) is 1.89. The maximum absolute atomic E-state index is 8.61. The lowest BCUT2D eigenvalue weighted by Crippen LogP contribution is -2.20. The van der Waals surface area contributed by atoms with E-state index >= 15 is 0 Å². The molecule has 0 saturated heterocycles. The number of benzene rings is 1. The summed E-state index contributed by atoms with van der Waals surface area (Å²) < 4.78 is 0. The summed E-state index contributed by atoms with van der Waals surface area (Å²) in [6, 6.07) is 8.68. The number of thiocarbonyl (C=S) groups is 1. The van der Waals surface area contributed by atoms with Crippen molar-refractivity contribution in [2.24, 2.45) is 10.8 Å². The van der Waals surface area contributed by atoms with Crippen molar-refractivity contribution in [1.82, 2.24) is 0 Å². The lowest BCUT2D eigenvalue weighted by atomic mass is 10.3. The molecule has 4 nitrogen and oxygen atoms in total. The fraction of sp³-hybridized carbons (Fsp3) is 0. The molecule has 3 N–H and O–H groups in total. The largest absolute Gasteiger partial charge is 0.387 e. The highest BCUT2D eigenvalue weighted by molar-refractivity contribution is 7.82. The molecular formula is C9H7ClN4S. The van der Waals surface area contributed by atoms with Gasteiger partial charge in [0.25, 0.3) is 0 Å². The number of anilines is 1. The average molecular weight is 239 g/mol. The van der Waals surface area contributed by atoms with Crippen LogP contribution in [0.2, 0.25) is 5.02 Å². The molecule has 0 aliphatic heterocycles. The molecule has 0 bridgehead atoms. The minimum atomic E-state index is -0.0490. The number of hydrogen-bond acceptors (Lipinski definition) is 4. The number of nitrogens with two attached hydrogens (primary N) is 1. The van der Waals surface area contributed by atoms with Crippen molar-refractivity contribution in [3.8, 4) is 6.07 Å². The van der Waals surface area contributed by atoms with E-state index in [1.54, 1.807) is 30.3 Å². The molecule has 0 atom stereocenters. The predicted molar refractivity (Wildman–Crippen MR) is 64.9 cm³/mol. The second-order valence-corrected chi connectivity index (χ2v) is 3.43. The highest BCUT2D eigenvalue weighted by atomic mass is 35.5. The maximum atomic E-state index is 8.61. The minimum absolute atomic E-state index is 0.0232. The van der Waals surface area contributed by atoms with Crippen LogP contribution in [-0.4, -0.2) is 10.7 Å². The smallest absolute Gasteiger partial charge is 0.194 e. The summed E-state index contributed by atoms with van der Waals surface area (Å²) in [5, 5.41) is 12.9. The van der Waals surface area contributed by atoms with Gasteiger partial charge >= 0.3 is 0 Å². The fourth-order valence-corrected chi connectivity index (χ4v) is 1.10. The van der Waals surface area contributed by atoms with Crippen LogP contribution in [0.15, 0.2) is 29.4 Å². The first-order valence-electron chi connectivity index (χ1n) is 3.92. The Morgan fingerprint density at radius 3 is 2.87 bits per heavy atom. The molecule has 0 amide bonds. The van der Waals surface area contributed by atoms with Crippen LogP contribution in [0.3, 0.4) is 0 Å². The summed E-state index contributed by atoms with van der Waals surface area (Å²) in [6.07, 6.45) is 0. The molecule has 0 spiro atoms. The van der Waals surface area contributed by atoms with Gasteiger partial charge in [-0.1, -0.05) is 29.9 Å². The standard InChI is InChI=1S/C9H7ClN4S/c10-6-2-1-3-7(4-6)13-14-8(5-11)9(12)15/h1-4,13H,(H2,12,15). The van der Waals surface area contributed by atoms with Crippen LogP contribution in [0.25, 0.3) is 0 Å². The first-order chi connectivity index (χ1) is 7.13. The van der Waals surface area contributed by atoms with Crippen molar-refractivity contribution in [1.29, 1.82) is 5.26 Å². The van der Waals surface area contributed by atoms with E-state index in [9.17, 15) is 0 Å². The Kier molecular flexibility index (Phi) is 4.03. The highest BCUT2D eigenvalue weighted by Crippen LogP contribution is 2.14. The molecule has 1 aromatic rings. The van der Waals surface area contributed by atoms with Gasteiger partial charge in [-0.2, -0.15) is 10.4 Å². The van der Waals surface area contributed by atoms with E-state index in [0.717, 1.165) is 0 Å². The van der Waals surface area contributed by atoms with Crippen LogP contribution in [-0.2, 0) is 0 Å². The topological polar surface area (TPSA) is 74.2 Å². The Labute approximate surface area is 97.3 Å². The fourth-order valence-electron chi connectivity index (χ4n) is 0.814. The van der Waals surface area contributed by atoms with Gasteiger partial charge in [0, 0.05) is 5.02 Å². The summed E-state index contributed by atoms with van der Waals surface area (Å²) in [5.41, 5.74) is 8.52. The van der Waals surface area contributed by atoms with Crippen LogP contribution in [0, 0.1) is 11.3 Å². The molecule has 0 aliphatic rings. The Morgan fingerprint density at radius 2 is 2.33 bits per heavy atom. The molecule has 6 heteroatoms. The molecule has 0 fully saturated rings. The zero-order valence-corrected chi connectivity index (χ0v) is 9.14. The lowest BCUT2D eigenvalue weighted by Gasteiger charge is -2.00. The molecule has 1 aromatic carbocycles. The Balaban J connectivity index is 2.80. The van der Waals surface area contributed by atoms with E-state index in [4.69, 9.17) is 22.6 Å². The summed E-state index contributed by atoms with van der Waals surface area (Å²) >= 11 is 10.4. The third kappa shape index (κ3) is 3.54. The van der Waals surface area contributed by atoms with Crippen molar-refractivity contribution in [3.63, 3.8) is 0 Å². The molecule has 1 rings (SSSR count). The van der Waals surface area contributed by atoms with E-state index in [1.807, 2.05) is 0 Å². The average Bonchev–Trinajstić information content (AvgIpc) is 2.18. The van der Waals surface area contributed by atoms with Gasteiger partial charge < -0.3 is 5.73 Å². The molecule has 76 valence electrons. The first kappa shape index (κ1) is 11.4. The zero-order chi connectivity index (χ0) is 11.3. The van der Waals surface area contributed by atoms with Gasteiger partial charge in [-0.05, 0) is 18.2 Å². The third-order valence-electron chi connectivity index (χ3n) is 1.46. The van der Waals surface area contributed by atoms with Gasteiger partial charge in [0.1, 0.15) is 11.1 Å². The number of nitrogens with one attached hydrogen (secondary N) is 1. The van der Waals surface area contributed by atoms with Crippen molar-refractivity contribution in [3.05, 3.63) is 29.3 Å². The van der Waals surface area contributed by atoms with E-state index in [-0.39, 0.29) is 10.7 Å². The molecule has 0 aliphatic carbocycles. The molecular weight excluding hydrogens is 232 g/mol. The SMILES string of the molecule is N#CC(=NNc1cccc(Cl)c1)C(N)=S. The van der Waals surface area contributed by atoms with Crippen molar-refractivity contribution >= 4 is 40.2 Å². The summed E-state index contributed by atoms with van der Waals surface area (Å²) in [7, 11) is 0. The molecule has 0 saturated carbocycles. The van der Waals surface area contributed by atoms with Crippen LogP contribution < -0.4 is 11.2 Å². The van der Waals surface area contributed by atoms with E-state index < -0.39 is 0 Å². The predicted octanol–water partition coefficient (Wildman–Crippen LogP) is 1.92. The normalized spacial score (nSPS) is 10.5. The summed E-state index contributed by atoms with van der Waals surface area (Å²) in [5.74, 6) is 0. The second kappa shape index (κ2) is 5.29. The number of halogens is 1. The lowest BCUT2D eigenvalue weighted by molar-refractivity contribution is 1.34.